The molecule has 0 aliphatic carbocycles. The monoisotopic (exact) mass is 342 g/mol. The van der Waals surface area contributed by atoms with Crippen LogP contribution in [0.15, 0.2) is 54.7 Å². The van der Waals surface area contributed by atoms with E-state index in [1.54, 1.807) is 24.3 Å². The number of anilines is 1. The highest BCUT2D eigenvalue weighted by atomic mass is 16.1. The van der Waals surface area contributed by atoms with Gasteiger partial charge in [-0.2, -0.15) is 5.26 Å². The van der Waals surface area contributed by atoms with Crippen molar-refractivity contribution < 1.29 is 4.79 Å². The molecular weight excluding hydrogens is 324 g/mol. The lowest BCUT2D eigenvalue weighted by Crippen LogP contribution is -2.12. The number of hydrogen-bond acceptors (Lipinski definition) is 3. The van der Waals surface area contributed by atoms with Crippen LogP contribution in [0.25, 0.3) is 11.3 Å². The van der Waals surface area contributed by atoms with Gasteiger partial charge in [-0.05, 0) is 43.2 Å². The van der Waals surface area contributed by atoms with Crippen molar-refractivity contribution in [3.8, 4) is 17.3 Å². The Morgan fingerprint density at radius 2 is 1.92 bits per heavy atom. The van der Waals surface area contributed by atoms with E-state index in [1.165, 1.54) is 12.8 Å². The van der Waals surface area contributed by atoms with Crippen LogP contribution in [0, 0.1) is 11.3 Å². The molecule has 2 heterocycles. The number of fused-ring (bicyclic) bond motifs is 1. The first kappa shape index (κ1) is 16.1. The van der Waals surface area contributed by atoms with Gasteiger partial charge in [0, 0.05) is 30.3 Å². The number of nitrogens with one attached hydrogen (secondary N) is 1. The molecule has 1 amide bonds. The average Bonchev–Trinajstić information content (AvgIpc) is 3.12. The zero-order valence-electron chi connectivity index (χ0n) is 14.3. The number of hydrogen-bond donors (Lipinski definition) is 1. The van der Waals surface area contributed by atoms with Crippen molar-refractivity contribution in [2.75, 3.05) is 5.32 Å². The molecule has 1 N–H and O–H groups in total. The smallest absolute Gasteiger partial charge is 0.255 e. The zero-order chi connectivity index (χ0) is 17.9. The van der Waals surface area contributed by atoms with Crippen molar-refractivity contribution in [2.24, 2.45) is 0 Å². The number of carbonyl (C=O) groups excluding carboxylic acids is 1. The molecule has 5 nitrogen and oxygen atoms in total. The minimum Gasteiger partial charge on any atom is -0.334 e. The quantitative estimate of drug-likeness (QED) is 0.782. The molecule has 4 rings (SSSR count). The van der Waals surface area contributed by atoms with Crippen LogP contribution in [0.5, 0.6) is 0 Å². The van der Waals surface area contributed by atoms with Gasteiger partial charge < -0.3 is 9.88 Å². The number of para-hydroxylation sites is 1. The SMILES string of the molecule is N#Cc1ccc(C(=O)Nc2ccccc2-c2cn3c(n2)CCCC3)cc1. The third-order valence-electron chi connectivity index (χ3n) is 4.64. The molecule has 0 spiro atoms. The Morgan fingerprint density at radius 3 is 2.69 bits per heavy atom. The van der Waals surface area contributed by atoms with Crippen LogP contribution < -0.4 is 5.32 Å². The van der Waals surface area contributed by atoms with Gasteiger partial charge in [-0.15, -0.1) is 0 Å². The normalized spacial score (nSPS) is 12.9. The standard InChI is InChI=1S/C21H18N4O/c22-13-15-8-10-16(11-9-15)21(26)24-18-6-2-1-5-17(18)19-14-25-12-4-3-7-20(25)23-19/h1-2,5-6,8-11,14H,3-4,7,12H2,(H,24,26). The van der Waals surface area contributed by atoms with Gasteiger partial charge in [-0.1, -0.05) is 18.2 Å². The number of aromatic nitrogens is 2. The first-order valence-corrected chi connectivity index (χ1v) is 8.71. The van der Waals surface area contributed by atoms with Gasteiger partial charge in [0.15, 0.2) is 0 Å². The number of nitriles is 1. The summed E-state index contributed by atoms with van der Waals surface area (Å²) >= 11 is 0. The Labute approximate surface area is 151 Å². The molecule has 0 atom stereocenters. The summed E-state index contributed by atoms with van der Waals surface area (Å²) in [7, 11) is 0. The van der Waals surface area contributed by atoms with E-state index >= 15 is 0 Å². The molecule has 0 bridgehead atoms. The first-order chi connectivity index (χ1) is 12.7. The Bertz CT molecular complexity index is 972. The summed E-state index contributed by atoms with van der Waals surface area (Å²) in [6, 6.07) is 16.4. The van der Waals surface area contributed by atoms with Gasteiger partial charge in [0.1, 0.15) is 5.82 Å². The Morgan fingerprint density at radius 1 is 1.12 bits per heavy atom. The fraction of sp³-hybridized carbons (Fsp3) is 0.190. The highest BCUT2D eigenvalue weighted by Crippen LogP contribution is 2.29. The van der Waals surface area contributed by atoms with E-state index in [4.69, 9.17) is 10.2 Å². The molecule has 2 aromatic carbocycles. The van der Waals surface area contributed by atoms with Crippen LogP contribution >= 0.6 is 0 Å². The Hall–Kier alpha value is -3.39. The molecule has 0 fully saturated rings. The van der Waals surface area contributed by atoms with Gasteiger partial charge in [0.05, 0.1) is 23.0 Å². The minimum absolute atomic E-state index is 0.203. The van der Waals surface area contributed by atoms with E-state index in [0.29, 0.717) is 11.1 Å². The van der Waals surface area contributed by atoms with Gasteiger partial charge >= 0.3 is 0 Å². The maximum absolute atomic E-state index is 12.6. The Kier molecular flexibility index (Phi) is 4.24. The van der Waals surface area contributed by atoms with E-state index in [9.17, 15) is 4.79 Å². The molecule has 1 aliphatic heterocycles. The van der Waals surface area contributed by atoms with Gasteiger partial charge in [-0.3, -0.25) is 4.79 Å². The second kappa shape index (κ2) is 6.85. The topological polar surface area (TPSA) is 70.7 Å². The highest BCUT2D eigenvalue weighted by Gasteiger charge is 2.16. The summed E-state index contributed by atoms with van der Waals surface area (Å²) in [4.78, 5) is 17.3. The van der Waals surface area contributed by atoms with E-state index in [2.05, 4.69) is 22.1 Å². The number of rotatable bonds is 3. The van der Waals surface area contributed by atoms with Crippen molar-refractivity contribution in [1.82, 2.24) is 9.55 Å². The number of nitrogens with zero attached hydrogens (tertiary/aromatic N) is 3. The summed E-state index contributed by atoms with van der Waals surface area (Å²) in [5, 5.41) is 11.8. The summed E-state index contributed by atoms with van der Waals surface area (Å²) in [6.07, 6.45) is 5.42. The molecular formula is C21H18N4O. The van der Waals surface area contributed by atoms with E-state index in [0.717, 1.165) is 35.7 Å². The molecule has 0 saturated heterocycles. The molecule has 5 heteroatoms. The van der Waals surface area contributed by atoms with Crippen molar-refractivity contribution in [3.05, 3.63) is 71.7 Å². The maximum Gasteiger partial charge on any atom is 0.255 e. The summed E-state index contributed by atoms with van der Waals surface area (Å²) < 4.78 is 2.21. The van der Waals surface area contributed by atoms with Gasteiger partial charge in [0.2, 0.25) is 0 Å². The van der Waals surface area contributed by atoms with Crippen LogP contribution in [-0.4, -0.2) is 15.5 Å². The molecule has 0 unspecified atom stereocenters. The largest absolute Gasteiger partial charge is 0.334 e. The van der Waals surface area contributed by atoms with Crippen LogP contribution in [0.3, 0.4) is 0 Å². The van der Waals surface area contributed by atoms with Crippen LogP contribution in [-0.2, 0) is 13.0 Å². The van der Waals surface area contributed by atoms with Gasteiger partial charge in [-0.25, -0.2) is 4.98 Å². The first-order valence-electron chi connectivity index (χ1n) is 8.71. The molecule has 0 saturated carbocycles. The molecule has 1 aromatic heterocycles. The minimum atomic E-state index is -0.203. The van der Waals surface area contributed by atoms with Crippen LogP contribution in [0.4, 0.5) is 5.69 Å². The third-order valence-corrected chi connectivity index (χ3v) is 4.64. The summed E-state index contributed by atoms with van der Waals surface area (Å²) in [5.41, 5.74) is 3.58. The lowest BCUT2D eigenvalue weighted by atomic mass is 10.1. The number of imidazole rings is 1. The fourth-order valence-corrected chi connectivity index (χ4v) is 3.25. The molecule has 3 aromatic rings. The lowest BCUT2D eigenvalue weighted by molar-refractivity contribution is 0.102. The summed E-state index contributed by atoms with van der Waals surface area (Å²) in [6.45, 7) is 1.00. The van der Waals surface area contributed by atoms with Crippen molar-refractivity contribution in [3.63, 3.8) is 0 Å². The number of aryl methyl sites for hydroxylation is 2. The van der Waals surface area contributed by atoms with E-state index < -0.39 is 0 Å². The number of amides is 1. The number of carbonyl (C=O) groups is 1. The predicted molar refractivity (Wildman–Crippen MR) is 99.7 cm³/mol. The lowest BCUT2D eigenvalue weighted by Gasteiger charge is -2.11. The van der Waals surface area contributed by atoms with E-state index in [-0.39, 0.29) is 5.91 Å². The van der Waals surface area contributed by atoms with Crippen molar-refractivity contribution in [1.29, 1.82) is 5.26 Å². The average molecular weight is 342 g/mol. The van der Waals surface area contributed by atoms with Gasteiger partial charge in [0.25, 0.3) is 5.91 Å². The molecule has 1 aliphatic rings. The molecule has 128 valence electrons. The molecule has 0 radical (unpaired) electrons. The summed E-state index contributed by atoms with van der Waals surface area (Å²) in [5.74, 6) is 0.908. The van der Waals surface area contributed by atoms with E-state index in [1.807, 2.05) is 24.3 Å². The predicted octanol–water partition coefficient (Wildman–Crippen LogP) is 4.01. The van der Waals surface area contributed by atoms with Crippen LogP contribution in [0.2, 0.25) is 0 Å². The fourth-order valence-electron chi connectivity index (χ4n) is 3.25. The second-order valence-corrected chi connectivity index (χ2v) is 6.38. The third kappa shape index (κ3) is 3.09. The van der Waals surface area contributed by atoms with Crippen LogP contribution in [0.1, 0.15) is 34.6 Å². The Balaban J connectivity index is 1.62. The second-order valence-electron chi connectivity index (χ2n) is 6.38. The molecule has 26 heavy (non-hydrogen) atoms. The highest BCUT2D eigenvalue weighted by molar-refractivity contribution is 6.06. The number of benzene rings is 2. The maximum atomic E-state index is 12.6. The van der Waals surface area contributed by atoms with Crippen molar-refractivity contribution >= 4 is 11.6 Å². The van der Waals surface area contributed by atoms with Crippen molar-refractivity contribution in [2.45, 2.75) is 25.8 Å². The zero-order valence-corrected chi connectivity index (χ0v) is 14.3.